The summed E-state index contributed by atoms with van der Waals surface area (Å²) >= 11 is 0. The highest BCUT2D eigenvalue weighted by molar-refractivity contribution is 6.10. The Kier molecular flexibility index (Phi) is 8.10. The van der Waals surface area contributed by atoms with Crippen molar-refractivity contribution in [2.75, 3.05) is 32.1 Å². The number of amides is 1. The SMILES string of the molecule is CN(C)C(=O)c1c(N2CCCC(N)C2)n(Cc2ccccc2)c2c(=O)n(Cc3nccc4ccccc34)cnc12.Cl. The van der Waals surface area contributed by atoms with Gasteiger partial charge < -0.3 is 20.1 Å². The van der Waals surface area contributed by atoms with Crippen molar-refractivity contribution in [2.24, 2.45) is 5.73 Å². The van der Waals surface area contributed by atoms with Crippen molar-refractivity contribution in [3.05, 3.63) is 100 Å². The molecule has 2 N–H and O–H groups in total. The van der Waals surface area contributed by atoms with Gasteiger partial charge in [0.25, 0.3) is 11.5 Å². The maximum atomic E-state index is 14.3. The van der Waals surface area contributed by atoms with Crippen LogP contribution in [-0.2, 0) is 13.1 Å². The second-order valence-corrected chi connectivity index (χ2v) is 10.7. The molecule has 0 spiro atoms. The molecular formula is C31H34ClN7O2. The summed E-state index contributed by atoms with van der Waals surface area (Å²) in [5.74, 6) is 0.518. The molecule has 10 heteroatoms. The topological polar surface area (TPSA) is 102 Å². The van der Waals surface area contributed by atoms with Gasteiger partial charge in [-0.3, -0.25) is 19.1 Å². The number of hydrogen-bond acceptors (Lipinski definition) is 6. The zero-order chi connectivity index (χ0) is 27.8. The molecule has 1 aliphatic heterocycles. The molecular weight excluding hydrogens is 538 g/mol. The lowest BCUT2D eigenvalue weighted by molar-refractivity contribution is 0.0829. The summed E-state index contributed by atoms with van der Waals surface area (Å²) in [5, 5.41) is 2.05. The molecule has 5 aromatic rings. The quantitative estimate of drug-likeness (QED) is 0.332. The lowest BCUT2D eigenvalue weighted by atomic mass is 10.1. The Labute approximate surface area is 244 Å². The first-order valence-corrected chi connectivity index (χ1v) is 13.6. The van der Waals surface area contributed by atoms with Gasteiger partial charge in [0.05, 0.1) is 18.6 Å². The lowest BCUT2D eigenvalue weighted by Gasteiger charge is -2.34. The van der Waals surface area contributed by atoms with Crippen molar-refractivity contribution in [3.63, 3.8) is 0 Å². The molecule has 1 aliphatic rings. The Morgan fingerprint density at radius 1 is 1.02 bits per heavy atom. The van der Waals surface area contributed by atoms with Crippen LogP contribution in [0.4, 0.5) is 5.82 Å². The molecule has 3 aromatic heterocycles. The Morgan fingerprint density at radius 3 is 2.54 bits per heavy atom. The molecule has 1 atom stereocenters. The van der Waals surface area contributed by atoms with Crippen LogP contribution < -0.4 is 16.2 Å². The van der Waals surface area contributed by atoms with Crippen molar-refractivity contribution in [2.45, 2.75) is 32.0 Å². The van der Waals surface area contributed by atoms with E-state index in [0.717, 1.165) is 41.4 Å². The molecule has 0 aliphatic carbocycles. The van der Waals surface area contributed by atoms with Crippen molar-refractivity contribution in [1.29, 1.82) is 0 Å². The number of rotatable bonds is 6. The molecule has 1 saturated heterocycles. The molecule has 9 nitrogen and oxygen atoms in total. The van der Waals surface area contributed by atoms with Gasteiger partial charge in [-0.1, -0.05) is 54.6 Å². The van der Waals surface area contributed by atoms with E-state index in [1.54, 1.807) is 36.1 Å². The van der Waals surface area contributed by atoms with E-state index in [0.29, 0.717) is 35.5 Å². The molecule has 212 valence electrons. The Morgan fingerprint density at radius 2 is 1.78 bits per heavy atom. The molecule has 4 heterocycles. The van der Waals surface area contributed by atoms with Crippen molar-refractivity contribution in [1.82, 2.24) is 24.0 Å². The van der Waals surface area contributed by atoms with Gasteiger partial charge in [-0.15, -0.1) is 12.4 Å². The third kappa shape index (κ3) is 5.30. The van der Waals surface area contributed by atoms with Gasteiger partial charge in [0.2, 0.25) is 0 Å². The maximum Gasteiger partial charge on any atom is 0.278 e. The monoisotopic (exact) mass is 571 g/mol. The van der Waals surface area contributed by atoms with Crippen LogP contribution in [0, 0.1) is 0 Å². The van der Waals surface area contributed by atoms with Crippen molar-refractivity contribution >= 4 is 45.9 Å². The van der Waals surface area contributed by atoms with Crippen LogP contribution in [0.15, 0.2) is 78.0 Å². The van der Waals surface area contributed by atoms with Crippen LogP contribution in [0.3, 0.4) is 0 Å². The van der Waals surface area contributed by atoms with E-state index in [2.05, 4.69) is 9.88 Å². The van der Waals surface area contributed by atoms with Crippen molar-refractivity contribution < 1.29 is 4.79 Å². The van der Waals surface area contributed by atoms with E-state index in [4.69, 9.17) is 10.7 Å². The Hall–Kier alpha value is -4.21. The van der Waals surface area contributed by atoms with Gasteiger partial charge in [0.1, 0.15) is 22.4 Å². The van der Waals surface area contributed by atoms with Crippen LogP contribution in [0.1, 0.15) is 34.5 Å². The average molecular weight is 572 g/mol. The number of nitrogens with zero attached hydrogens (tertiary/aromatic N) is 6. The highest BCUT2D eigenvalue weighted by Crippen LogP contribution is 2.34. The number of halogens is 1. The number of benzene rings is 2. The minimum absolute atomic E-state index is 0. The normalized spacial score (nSPS) is 15.2. The zero-order valence-corrected chi connectivity index (χ0v) is 24.1. The van der Waals surface area contributed by atoms with Gasteiger partial charge in [-0.25, -0.2) is 4.98 Å². The van der Waals surface area contributed by atoms with Gasteiger partial charge in [-0.2, -0.15) is 0 Å². The Balaban J connectivity index is 0.00000337. The zero-order valence-electron chi connectivity index (χ0n) is 23.2. The average Bonchev–Trinajstić information content (AvgIpc) is 3.29. The van der Waals surface area contributed by atoms with Crippen LogP contribution >= 0.6 is 12.4 Å². The predicted octanol–water partition coefficient (Wildman–Crippen LogP) is 3.89. The van der Waals surface area contributed by atoms with E-state index >= 15 is 0 Å². The first kappa shape index (κ1) is 28.3. The maximum absolute atomic E-state index is 14.3. The molecule has 0 saturated carbocycles. The number of carbonyl (C=O) groups excluding carboxylic acids is 1. The number of hydrogen-bond donors (Lipinski definition) is 1. The summed E-state index contributed by atoms with van der Waals surface area (Å²) in [6.07, 6.45) is 5.14. The second-order valence-electron chi connectivity index (χ2n) is 10.7. The molecule has 2 aromatic carbocycles. The number of piperidine rings is 1. The van der Waals surface area contributed by atoms with Crippen LogP contribution in [0.2, 0.25) is 0 Å². The van der Waals surface area contributed by atoms with Crippen LogP contribution in [0.25, 0.3) is 21.8 Å². The first-order chi connectivity index (χ1) is 19.4. The Bertz CT molecular complexity index is 1760. The van der Waals surface area contributed by atoms with Crippen LogP contribution in [-0.4, -0.2) is 63.1 Å². The van der Waals surface area contributed by atoms with Crippen LogP contribution in [0.5, 0.6) is 0 Å². The summed E-state index contributed by atoms with van der Waals surface area (Å²) in [6.45, 7) is 2.04. The molecule has 6 rings (SSSR count). The largest absolute Gasteiger partial charge is 0.356 e. The summed E-state index contributed by atoms with van der Waals surface area (Å²) in [6, 6.07) is 19.9. The fourth-order valence-corrected chi connectivity index (χ4v) is 5.71. The summed E-state index contributed by atoms with van der Waals surface area (Å²) in [4.78, 5) is 41.1. The fourth-order valence-electron chi connectivity index (χ4n) is 5.71. The van der Waals surface area contributed by atoms with E-state index < -0.39 is 0 Å². The van der Waals surface area contributed by atoms with E-state index in [1.165, 1.54) is 0 Å². The number of nitrogens with two attached hydrogens (primary N) is 1. The van der Waals surface area contributed by atoms with Crippen molar-refractivity contribution in [3.8, 4) is 0 Å². The highest BCUT2D eigenvalue weighted by Gasteiger charge is 2.32. The van der Waals surface area contributed by atoms with Gasteiger partial charge in [-0.05, 0) is 29.9 Å². The number of aromatic nitrogens is 4. The predicted molar refractivity (Wildman–Crippen MR) is 165 cm³/mol. The lowest BCUT2D eigenvalue weighted by Crippen LogP contribution is -2.44. The summed E-state index contributed by atoms with van der Waals surface area (Å²) in [7, 11) is 3.45. The van der Waals surface area contributed by atoms with Gasteiger partial charge in [0.15, 0.2) is 0 Å². The number of fused-ring (bicyclic) bond motifs is 2. The summed E-state index contributed by atoms with van der Waals surface area (Å²) < 4.78 is 3.57. The molecule has 0 radical (unpaired) electrons. The number of pyridine rings is 1. The molecule has 1 amide bonds. The smallest absolute Gasteiger partial charge is 0.278 e. The number of carbonyl (C=O) groups is 1. The second kappa shape index (κ2) is 11.7. The standard InChI is InChI=1S/C31H33N7O2.ClH/c1-35(2)30(39)26-27-28(31(40)37(20-34-27)19-25-24-13-7-6-11-22(24)14-15-33-25)38(17-21-9-4-3-5-10-21)29(26)36-16-8-12-23(32)18-36;/h3-7,9-11,13-15,20,23H,8,12,16-19,32H2,1-2H3;1H. The fraction of sp³-hybridized carbons (Fsp3) is 0.290. The third-order valence-corrected chi connectivity index (χ3v) is 7.64. The molecule has 41 heavy (non-hydrogen) atoms. The van der Waals surface area contributed by atoms with Gasteiger partial charge >= 0.3 is 0 Å². The van der Waals surface area contributed by atoms with E-state index in [-0.39, 0.29) is 36.5 Å². The van der Waals surface area contributed by atoms with E-state index in [9.17, 15) is 9.59 Å². The summed E-state index contributed by atoms with van der Waals surface area (Å²) in [5.41, 5.74) is 9.26. The van der Waals surface area contributed by atoms with Gasteiger partial charge in [0, 0.05) is 51.4 Å². The minimum Gasteiger partial charge on any atom is -0.356 e. The highest BCUT2D eigenvalue weighted by atomic mass is 35.5. The number of anilines is 1. The first-order valence-electron chi connectivity index (χ1n) is 13.6. The third-order valence-electron chi connectivity index (χ3n) is 7.64. The minimum atomic E-state index is -0.212. The van der Waals surface area contributed by atoms with E-state index in [1.807, 2.05) is 65.2 Å². The molecule has 1 unspecified atom stereocenters. The molecule has 1 fully saturated rings. The molecule has 0 bridgehead atoms.